The van der Waals surface area contributed by atoms with Crippen LogP contribution in [-0.4, -0.2) is 48.9 Å². The third kappa shape index (κ3) is 6.12. The third-order valence-corrected chi connectivity index (χ3v) is 3.79. The van der Waals surface area contributed by atoms with Crippen LogP contribution < -0.4 is 5.32 Å². The highest BCUT2D eigenvalue weighted by Gasteiger charge is 2.33. The van der Waals surface area contributed by atoms with Crippen LogP contribution in [0.3, 0.4) is 0 Å². The molecule has 0 aromatic carbocycles. The quantitative estimate of drug-likeness (QED) is 0.384. The summed E-state index contributed by atoms with van der Waals surface area (Å²) in [6.07, 6.45) is 1.53. The topological polar surface area (TPSA) is 81.8 Å². The fourth-order valence-electron chi connectivity index (χ4n) is 2.15. The number of azo groups is 2. The number of carbonyl (C=O) groups excluding carboxylic acids is 1. The summed E-state index contributed by atoms with van der Waals surface area (Å²) in [5.74, 6) is -2.25. The number of amides is 1. The number of carbonyl (C=O) groups is 2. The van der Waals surface area contributed by atoms with Gasteiger partial charge in [0.15, 0.2) is 13.6 Å². The second-order valence-electron chi connectivity index (χ2n) is 5.26. The zero-order valence-corrected chi connectivity index (χ0v) is 13.2. The molecular formula is C14H28N3O3+. The lowest BCUT2D eigenvalue weighted by atomic mass is 9.81. The molecule has 0 fully saturated rings. The van der Waals surface area contributed by atoms with Gasteiger partial charge < -0.3 is 10.4 Å². The highest BCUT2D eigenvalue weighted by molar-refractivity contribution is 5.84. The first-order valence-electron chi connectivity index (χ1n) is 7.16. The summed E-state index contributed by atoms with van der Waals surface area (Å²) in [6, 6.07) is 0. The first kappa shape index (κ1) is 18.5. The summed E-state index contributed by atoms with van der Waals surface area (Å²) in [7, 11) is 3.58. The van der Waals surface area contributed by atoms with E-state index in [0.29, 0.717) is 6.54 Å². The van der Waals surface area contributed by atoms with E-state index in [-0.39, 0.29) is 11.8 Å². The van der Waals surface area contributed by atoms with Crippen molar-refractivity contribution in [2.75, 3.05) is 27.2 Å². The molecule has 20 heavy (non-hydrogen) atoms. The molecule has 3 atom stereocenters. The van der Waals surface area contributed by atoms with Gasteiger partial charge in [0.05, 0.1) is 13.0 Å². The van der Waals surface area contributed by atoms with Crippen molar-refractivity contribution in [2.24, 2.45) is 22.9 Å². The second-order valence-corrected chi connectivity index (χ2v) is 5.26. The van der Waals surface area contributed by atoms with Crippen molar-refractivity contribution >= 4 is 11.9 Å². The molecule has 0 aliphatic carbocycles. The Labute approximate surface area is 121 Å². The Kier molecular flexibility index (Phi) is 8.76. The van der Waals surface area contributed by atoms with Crippen LogP contribution in [0.25, 0.3) is 0 Å². The van der Waals surface area contributed by atoms with Gasteiger partial charge in [0.2, 0.25) is 5.91 Å². The van der Waals surface area contributed by atoms with Crippen molar-refractivity contribution in [3.05, 3.63) is 0 Å². The van der Waals surface area contributed by atoms with Crippen LogP contribution in [0.5, 0.6) is 0 Å². The number of nitrogens with zero attached hydrogens (tertiary/aromatic N) is 2. The highest BCUT2D eigenvalue weighted by atomic mass is 16.4. The molecule has 0 aromatic rings. The molecular weight excluding hydrogens is 258 g/mol. The minimum Gasteiger partial charge on any atom is -0.481 e. The first-order valence-corrected chi connectivity index (χ1v) is 7.16. The Morgan fingerprint density at radius 2 is 1.95 bits per heavy atom. The zero-order valence-electron chi connectivity index (χ0n) is 13.2. The van der Waals surface area contributed by atoms with Crippen LogP contribution in [0, 0.1) is 17.8 Å². The predicted molar refractivity (Wildman–Crippen MR) is 76.8 cm³/mol. The van der Waals surface area contributed by atoms with Crippen LogP contribution in [0.1, 0.15) is 33.6 Å². The number of aliphatic carboxylic acids is 1. The summed E-state index contributed by atoms with van der Waals surface area (Å²) in [6.45, 7) is 6.80. The van der Waals surface area contributed by atoms with E-state index in [9.17, 15) is 14.7 Å². The summed E-state index contributed by atoms with van der Waals surface area (Å²) in [5.41, 5.74) is 0. The van der Waals surface area contributed by atoms with Gasteiger partial charge in [-0.2, -0.15) is 0 Å². The first-order chi connectivity index (χ1) is 9.34. The maximum atomic E-state index is 12.0. The number of hydrogen-bond acceptors (Lipinski definition) is 3. The van der Waals surface area contributed by atoms with Gasteiger partial charge in [-0.3, -0.25) is 9.59 Å². The van der Waals surface area contributed by atoms with Crippen molar-refractivity contribution in [2.45, 2.75) is 33.6 Å². The highest BCUT2D eigenvalue weighted by Crippen LogP contribution is 2.24. The van der Waals surface area contributed by atoms with Crippen molar-refractivity contribution in [3.8, 4) is 0 Å². The number of carboxylic acids is 1. The lowest BCUT2D eigenvalue weighted by molar-refractivity contribution is -0.565. The number of nitrogens with one attached hydrogen (secondary N) is 1. The SMILES string of the molecule is CCC(C)C(C(=O)O)C(C)C(=O)NCCC[N+](C)=NC. The van der Waals surface area contributed by atoms with Crippen LogP contribution in [0.2, 0.25) is 0 Å². The van der Waals surface area contributed by atoms with Gasteiger partial charge in [-0.1, -0.05) is 27.2 Å². The van der Waals surface area contributed by atoms with Gasteiger partial charge in [0.1, 0.15) is 0 Å². The molecule has 0 rings (SSSR count). The summed E-state index contributed by atoms with van der Waals surface area (Å²) < 4.78 is 1.80. The van der Waals surface area contributed by atoms with Crippen molar-refractivity contribution in [1.29, 1.82) is 0 Å². The normalized spacial score (nSPS) is 16.4. The van der Waals surface area contributed by atoms with E-state index in [0.717, 1.165) is 19.4 Å². The number of hydrogen-bond donors (Lipinski definition) is 2. The molecule has 0 aromatic heterocycles. The monoisotopic (exact) mass is 286 g/mol. The fourth-order valence-corrected chi connectivity index (χ4v) is 2.15. The molecule has 0 saturated carbocycles. The van der Waals surface area contributed by atoms with Crippen LogP contribution >= 0.6 is 0 Å². The molecule has 0 aliphatic rings. The lowest BCUT2D eigenvalue weighted by Gasteiger charge is -2.24. The van der Waals surface area contributed by atoms with E-state index in [1.165, 1.54) is 0 Å². The van der Waals surface area contributed by atoms with E-state index in [2.05, 4.69) is 10.4 Å². The zero-order chi connectivity index (χ0) is 15.7. The largest absolute Gasteiger partial charge is 0.481 e. The van der Waals surface area contributed by atoms with Crippen molar-refractivity contribution < 1.29 is 19.4 Å². The average Bonchev–Trinajstić information content (AvgIpc) is 2.42. The van der Waals surface area contributed by atoms with E-state index in [4.69, 9.17) is 0 Å². The molecule has 0 saturated heterocycles. The van der Waals surface area contributed by atoms with Crippen molar-refractivity contribution in [3.63, 3.8) is 0 Å². The molecule has 3 unspecified atom stereocenters. The van der Waals surface area contributed by atoms with Gasteiger partial charge in [-0.25, -0.2) is 0 Å². The standard InChI is InChI=1S/C14H27N3O3/c1-6-10(2)12(14(19)20)11(3)13(18)16-8-7-9-17(5)15-4/h10-12H,6-9H2,1-5H3,(H-,16,18,19,20)/p+1. The predicted octanol–water partition coefficient (Wildman–Crippen LogP) is 1.60. The lowest BCUT2D eigenvalue weighted by Crippen LogP contribution is -2.39. The van der Waals surface area contributed by atoms with E-state index >= 15 is 0 Å². The molecule has 0 radical (unpaired) electrons. The van der Waals surface area contributed by atoms with E-state index in [1.807, 2.05) is 20.9 Å². The van der Waals surface area contributed by atoms with Gasteiger partial charge in [0, 0.05) is 18.9 Å². The Hall–Kier alpha value is -1.46. The molecule has 0 spiro atoms. The Morgan fingerprint density at radius 3 is 2.40 bits per heavy atom. The summed E-state index contributed by atoms with van der Waals surface area (Å²) in [5, 5.41) is 16.0. The second kappa shape index (κ2) is 9.44. The van der Waals surface area contributed by atoms with Crippen molar-refractivity contribution in [1.82, 2.24) is 5.32 Å². The molecule has 0 aliphatic heterocycles. The summed E-state index contributed by atoms with van der Waals surface area (Å²) >= 11 is 0. The molecule has 2 N–H and O–H groups in total. The molecule has 1 amide bonds. The third-order valence-electron chi connectivity index (χ3n) is 3.79. The minimum atomic E-state index is -0.897. The maximum Gasteiger partial charge on any atom is 0.307 e. The molecule has 116 valence electrons. The average molecular weight is 286 g/mol. The van der Waals surface area contributed by atoms with E-state index in [1.54, 1.807) is 18.7 Å². The smallest absolute Gasteiger partial charge is 0.307 e. The number of carboxylic acid groups (broad SMARTS) is 1. The minimum absolute atomic E-state index is 0.0155. The fraction of sp³-hybridized carbons (Fsp3) is 0.857. The maximum absolute atomic E-state index is 12.0. The molecule has 6 nitrogen and oxygen atoms in total. The van der Waals surface area contributed by atoms with Gasteiger partial charge >= 0.3 is 5.97 Å². The Morgan fingerprint density at radius 1 is 1.35 bits per heavy atom. The van der Waals surface area contributed by atoms with Gasteiger partial charge in [0.25, 0.3) is 0 Å². The molecule has 6 heteroatoms. The molecule has 0 heterocycles. The van der Waals surface area contributed by atoms with Crippen LogP contribution in [-0.2, 0) is 9.59 Å². The Bertz CT molecular complexity index is 356. The number of rotatable bonds is 9. The Balaban J connectivity index is 4.34. The summed E-state index contributed by atoms with van der Waals surface area (Å²) in [4.78, 5) is 23.3. The van der Waals surface area contributed by atoms with E-state index < -0.39 is 17.8 Å². The van der Waals surface area contributed by atoms with Crippen LogP contribution in [0.4, 0.5) is 0 Å². The molecule has 0 bridgehead atoms. The van der Waals surface area contributed by atoms with Gasteiger partial charge in [-0.15, -0.1) is 4.70 Å². The van der Waals surface area contributed by atoms with Gasteiger partial charge in [-0.05, 0) is 11.0 Å². The van der Waals surface area contributed by atoms with Crippen LogP contribution in [0.15, 0.2) is 5.11 Å².